The maximum absolute atomic E-state index is 12.3. The first-order valence-electron chi connectivity index (χ1n) is 7.06. The molecule has 5 nitrogen and oxygen atoms in total. The SMILES string of the molecule is Cc1cccc(C)c1N/C=C(/C#N)C(=O)N1CCNCC1. The lowest BCUT2D eigenvalue weighted by Crippen LogP contribution is -2.46. The number of para-hydroxylation sites is 1. The lowest BCUT2D eigenvalue weighted by atomic mass is 10.1. The summed E-state index contributed by atoms with van der Waals surface area (Å²) in [6, 6.07) is 7.96. The number of nitrogens with one attached hydrogen (secondary N) is 2. The summed E-state index contributed by atoms with van der Waals surface area (Å²) in [6.45, 7) is 6.81. The van der Waals surface area contributed by atoms with E-state index in [1.165, 1.54) is 6.20 Å². The molecule has 1 amide bonds. The van der Waals surface area contributed by atoms with Crippen LogP contribution >= 0.6 is 0 Å². The van der Waals surface area contributed by atoms with Gasteiger partial charge in [-0.15, -0.1) is 0 Å². The molecule has 1 heterocycles. The van der Waals surface area contributed by atoms with Gasteiger partial charge < -0.3 is 15.5 Å². The van der Waals surface area contributed by atoms with E-state index in [2.05, 4.69) is 10.6 Å². The molecule has 1 aromatic rings. The maximum Gasteiger partial charge on any atom is 0.266 e. The molecule has 0 unspecified atom stereocenters. The first-order chi connectivity index (χ1) is 10.1. The van der Waals surface area contributed by atoms with E-state index in [9.17, 15) is 10.1 Å². The van der Waals surface area contributed by atoms with E-state index >= 15 is 0 Å². The van der Waals surface area contributed by atoms with E-state index in [0.717, 1.165) is 29.9 Å². The molecular weight excluding hydrogens is 264 g/mol. The highest BCUT2D eigenvalue weighted by Crippen LogP contribution is 2.19. The summed E-state index contributed by atoms with van der Waals surface area (Å²) >= 11 is 0. The van der Waals surface area contributed by atoms with Gasteiger partial charge in [-0.3, -0.25) is 4.79 Å². The number of nitrogens with zero attached hydrogens (tertiary/aromatic N) is 2. The van der Waals surface area contributed by atoms with Gasteiger partial charge in [-0.05, 0) is 25.0 Å². The minimum atomic E-state index is -0.210. The van der Waals surface area contributed by atoms with Gasteiger partial charge in [0.05, 0.1) is 0 Å². The predicted molar refractivity (Wildman–Crippen MR) is 82.7 cm³/mol. The minimum Gasteiger partial charge on any atom is -0.360 e. The molecule has 1 saturated heterocycles. The second-order valence-electron chi connectivity index (χ2n) is 5.12. The summed E-state index contributed by atoms with van der Waals surface area (Å²) in [5, 5.41) is 15.5. The Labute approximate surface area is 125 Å². The molecule has 0 atom stereocenters. The average Bonchev–Trinajstić information content (AvgIpc) is 2.51. The van der Waals surface area contributed by atoms with Crippen molar-refractivity contribution < 1.29 is 4.79 Å². The van der Waals surface area contributed by atoms with Crippen LogP contribution in [0.25, 0.3) is 0 Å². The first-order valence-corrected chi connectivity index (χ1v) is 7.06. The van der Waals surface area contributed by atoms with Crippen molar-refractivity contribution in [1.82, 2.24) is 10.2 Å². The monoisotopic (exact) mass is 284 g/mol. The van der Waals surface area contributed by atoms with Gasteiger partial charge in [0.2, 0.25) is 0 Å². The maximum atomic E-state index is 12.3. The molecule has 1 aliphatic rings. The molecule has 110 valence electrons. The molecule has 21 heavy (non-hydrogen) atoms. The molecule has 0 aromatic heterocycles. The molecule has 0 spiro atoms. The quantitative estimate of drug-likeness (QED) is 0.653. The number of aryl methyl sites for hydroxylation is 2. The number of benzene rings is 1. The van der Waals surface area contributed by atoms with Crippen molar-refractivity contribution in [1.29, 1.82) is 5.26 Å². The van der Waals surface area contributed by atoms with Crippen LogP contribution in [-0.2, 0) is 4.79 Å². The number of anilines is 1. The van der Waals surface area contributed by atoms with Crippen LogP contribution < -0.4 is 10.6 Å². The van der Waals surface area contributed by atoms with Gasteiger partial charge in [-0.2, -0.15) is 5.26 Å². The second-order valence-corrected chi connectivity index (χ2v) is 5.12. The molecule has 5 heteroatoms. The molecule has 0 aliphatic carbocycles. The van der Waals surface area contributed by atoms with Crippen LogP contribution in [0.2, 0.25) is 0 Å². The van der Waals surface area contributed by atoms with Crippen LogP contribution in [-0.4, -0.2) is 37.0 Å². The van der Waals surface area contributed by atoms with Crippen molar-refractivity contribution in [3.8, 4) is 6.07 Å². The zero-order valence-electron chi connectivity index (χ0n) is 12.4. The van der Waals surface area contributed by atoms with E-state index in [-0.39, 0.29) is 11.5 Å². The van der Waals surface area contributed by atoms with E-state index in [1.54, 1.807) is 4.90 Å². The number of hydrogen-bond donors (Lipinski definition) is 2. The lowest BCUT2D eigenvalue weighted by molar-refractivity contribution is -0.127. The molecule has 2 N–H and O–H groups in total. The Balaban J connectivity index is 2.14. The molecular formula is C16H20N4O. The van der Waals surface area contributed by atoms with Crippen molar-refractivity contribution >= 4 is 11.6 Å². The van der Waals surface area contributed by atoms with Crippen molar-refractivity contribution in [3.63, 3.8) is 0 Å². The highest BCUT2D eigenvalue weighted by Gasteiger charge is 2.20. The minimum absolute atomic E-state index is 0.138. The molecule has 1 aromatic carbocycles. The number of rotatable bonds is 3. The molecule has 1 fully saturated rings. The summed E-state index contributed by atoms with van der Waals surface area (Å²) in [5.41, 5.74) is 3.24. The fraction of sp³-hybridized carbons (Fsp3) is 0.375. The third-order valence-corrected chi connectivity index (χ3v) is 3.60. The van der Waals surface area contributed by atoms with Crippen LogP contribution in [0.3, 0.4) is 0 Å². The summed E-state index contributed by atoms with van der Waals surface area (Å²) in [7, 11) is 0. The lowest BCUT2D eigenvalue weighted by Gasteiger charge is -2.27. The van der Waals surface area contributed by atoms with Crippen molar-refractivity contribution in [3.05, 3.63) is 41.1 Å². The highest BCUT2D eigenvalue weighted by atomic mass is 16.2. The Morgan fingerprint density at radius 2 is 1.95 bits per heavy atom. The number of amides is 1. The zero-order chi connectivity index (χ0) is 15.2. The Bertz CT molecular complexity index is 575. The summed E-state index contributed by atoms with van der Waals surface area (Å²) in [4.78, 5) is 14.0. The topological polar surface area (TPSA) is 68.2 Å². The number of hydrogen-bond acceptors (Lipinski definition) is 4. The van der Waals surface area contributed by atoms with Crippen LogP contribution in [0.5, 0.6) is 0 Å². The Morgan fingerprint density at radius 1 is 1.33 bits per heavy atom. The molecule has 0 saturated carbocycles. The number of piperazine rings is 1. The average molecular weight is 284 g/mol. The van der Waals surface area contributed by atoms with Crippen molar-refractivity contribution in [2.45, 2.75) is 13.8 Å². The fourth-order valence-corrected chi connectivity index (χ4v) is 2.37. The van der Waals surface area contributed by atoms with Crippen LogP contribution in [0.15, 0.2) is 30.0 Å². The van der Waals surface area contributed by atoms with Gasteiger partial charge in [0.15, 0.2) is 0 Å². The summed E-state index contributed by atoms with van der Waals surface area (Å²) in [5.74, 6) is -0.210. The van der Waals surface area contributed by atoms with Gasteiger partial charge in [0.25, 0.3) is 5.91 Å². The first kappa shape index (κ1) is 15.1. The summed E-state index contributed by atoms with van der Waals surface area (Å²) < 4.78 is 0. The molecule has 2 rings (SSSR count). The van der Waals surface area contributed by atoms with Gasteiger partial charge in [-0.25, -0.2) is 0 Å². The normalized spacial score (nSPS) is 15.5. The van der Waals surface area contributed by atoms with Gasteiger partial charge in [0, 0.05) is 38.1 Å². The number of carbonyl (C=O) groups excluding carboxylic acids is 1. The van der Waals surface area contributed by atoms with E-state index in [0.29, 0.717) is 13.1 Å². The van der Waals surface area contributed by atoms with Gasteiger partial charge in [0.1, 0.15) is 11.6 Å². The van der Waals surface area contributed by atoms with Crippen molar-refractivity contribution in [2.24, 2.45) is 0 Å². The third-order valence-electron chi connectivity index (χ3n) is 3.60. The Kier molecular flexibility index (Phi) is 4.96. The second kappa shape index (κ2) is 6.91. The standard InChI is InChI=1S/C16H20N4O/c1-12-4-3-5-13(2)15(12)19-11-14(10-17)16(21)20-8-6-18-7-9-20/h3-5,11,18-19H,6-9H2,1-2H3/b14-11-. The smallest absolute Gasteiger partial charge is 0.266 e. The Hall–Kier alpha value is -2.32. The third kappa shape index (κ3) is 3.61. The van der Waals surface area contributed by atoms with Crippen LogP contribution in [0.1, 0.15) is 11.1 Å². The predicted octanol–water partition coefficient (Wildman–Crippen LogP) is 1.55. The van der Waals surface area contributed by atoms with E-state index in [4.69, 9.17) is 0 Å². The molecule has 0 bridgehead atoms. The number of carbonyl (C=O) groups is 1. The van der Waals surface area contributed by atoms with Crippen LogP contribution in [0.4, 0.5) is 5.69 Å². The van der Waals surface area contributed by atoms with Crippen LogP contribution in [0, 0.1) is 25.2 Å². The van der Waals surface area contributed by atoms with Crippen molar-refractivity contribution in [2.75, 3.05) is 31.5 Å². The highest BCUT2D eigenvalue weighted by molar-refractivity contribution is 5.97. The van der Waals surface area contributed by atoms with Gasteiger partial charge in [-0.1, -0.05) is 18.2 Å². The number of nitriles is 1. The van der Waals surface area contributed by atoms with Gasteiger partial charge >= 0.3 is 0 Å². The van der Waals surface area contributed by atoms with E-state index in [1.807, 2.05) is 38.1 Å². The Morgan fingerprint density at radius 3 is 2.52 bits per heavy atom. The zero-order valence-corrected chi connectivity index (χ0v) is 12.4. The summed E-state index contributed by atoms with van der Waals surface area (Å²) in [6.07, 6.45) is 1.51. The van der Waals surface area contributed by atoms with E-state index < -0.39 is 0 Å². The largest absolute Gasteiger partial charge is 0.360 e. The molecule has 1 aliphatic heterocycles. The fourth-order valence-electron chi connectivity index (χ4n) is 2.37. The molecule has 0 radical (unpaired) electrons.